The third-order valence-electron chi connectivity index (χ3n) is 3.81. The maximum atomic E-state index is 11.4. The first-order valence-electron chi connectivity index (χ1n) is 6.27. The van der Waals surface area contributed by atoms with Crippen molar-refractivity contribution in [3.8, 4) is 0 Å². The van der Waals surface area contributed by atoms with E-state index in [1.807, 2.05) is 0 Å². The van der Waals surface area contributed by atoms with Crippen LogP contribution >= 0.6 is 0 Å². The molecule has 1 amide bonds. The van der Waals surface area contributed by atoms with E-state index in [0.29, 0.717) is 23.2 Å². The molecule has 0 spiro atoms. The summed E-state index contributed by atoms with van der Waals surface area (Å²) in [5.41, 5.74) is 1.63. The highest BCUT2D eigenvalue weighted by Crippen LogP contribution is 2.43. The number of carbonyl (C=O) groups excluding carboxylic acids is 1. The van der Waals surface area contributed by atoms with Crippen LogP contribution < -0.4 is 5.32 Å². The van der Waals surface area contributed by atoms with Gasteiger partial charge >= 0.3 is 0 Å². The minimum absolute atomic E-state index is 0.0684. The molecular formula is C12H25NO2Si. The van der Waals surface area contributed by atoms with Crippen molar-refractivity contribution in [2.45, 2.75) is 64.3 Å². The Morgan fingerprint density at radius 3 is 1.75 bits per heavy atom. The van der Waals surface area contributed by atoms with Crippen molar-refractivity contribution in [2.24, 2.45) is 0 Å². The largest absolute Gasteiger partial charge is 0.403 e. The van der Waals surface area contributed by atoms with Crippen molar-refractivity contribution < 1.29 is 9.22 Å². The second kappa shape index (κ2) is 4.88. The lowest BCUT2D eigenvalue weighted by molar-refractivity contribution is -0.136. The van der Waals surface area contributed by atoms with Crippen LogP contribution in [-0.4, -0.2) is 26.9 Å². The molecule has 1 aliphatic rings. The van der Waals surface area contributed by atoms with Crippen LogP contribution in [-0.2, 0) is 9.22 Å². The van der Waals surface area contributed by atoms with Crippen molar-refractivity contribution in [2.75, 3.05) is 6.54 Å². The highest BCUT2D eigenvalue weighted by molar-refractivity contribution is 6.77. The first-order chi connectivity index (χ1) is 7.32. The molecule has 94 valence electrons. The fourth-order valence-electron chi connectivity index (χ4n) is 3.02. The molecule has 1 saturated heterocycles. The lowest BCUT2D eigenvalue weighted by Crippen LogP contribution is -2.61. The Bertz CT molecular complexity index is 242. The summed E-state index contributed by atoms with van der Waals surface area (Å²) in [6.07, 6.45) is -0.182. The SMILES string of the molecule is CC(C)[Si](OC1CNC1=O)(C(C)C)C(C)C. The number of hydrogen-bond acceptors (Lipinski definition) is 2. The van der Waals surface area contributed by atoms with Crippen molar-refractivity contribution in [3.05, 3.63) is 0 Å². The van der Waals surface area contributed by atoms with E-state index in [9.17, 15) is 4.79 Å². The Morgan fingerprint density at radius 2 is 1.56 bits per heavy atom. The van der Waals surface area contributed by atoms with E-state index in [-0.39, 0.29) is 12.0 Å². The molecule has 1 atom stereocenters. The molecule has 0 aromatic heterocycles. The van der Waals surface area contributed by atoms with E-state index >= 15 is 0 Å². The van der Waals surface area contributed by atoms with Crippen LogP contribution in [0.1, 0.15) is 41.5 Å². The molecular weight excluding hydrogens is 218 g/mol. The normalized spacial score (nSPS) is 21.6. The minimum Gasteiger partial charge on any atom is -0.403 e. The smallest absolute Gasteiger partial charge is 0.249 e. The Morgan fingerprint density at radius 1 is 1.12 bits per heavy atom. The predicted octanol–water partition coefficient (Wildman–Crippen LogP) is 2.68. The number of β-lactam (4-membered cyclic amide) rings is 1. The highest BCUT2D eigenvalue weighted by atomic mass is 28.4. The van der Waals surface area contributed by atoms with E-state index in [1.165, 1.54) is 0 Å². The standard InChI is InChI=1S/C12H25NO2Si/c1-8(2)16(9(3)4,10(5)6)15-11-7-13-12(11)14/h8-11H,7H2,1-6H3,(H,13,14). The molecule has 3 nitrogen and oxygen atoms in total. The molecule has 1 aliphatic heterocycles. The van der Waals surface area contributed by atoms with Crippen molar-refractivity contribution >= 4 is 14.2 Å². The molecule has 1 fully saturated rings. The summed E-state index contributed by atoms with van der Waals surface area (Å²) in [6, 6.07) is 0. The molecule has 0 bridgehead atoms. The first kappa shape index (κ1) is 13.7. The molecule has 16 heavy (non-hydrogen) atoms. The van der Waals surface area contributed by atoms with Gasteiger partial charge in [0.1, 0.15) is 6.10 Å². The monoisotopic (exact) mass is 243 g/mol. The van der Waals surface area contributed by atoms with Gasteiger partial charge in [-0.15, -0.1) is 0 Å². The van der Waals surface area contributed by atoms with Crippen molar-refractivity contribution in [1.29, 1.82) is 0 Å². The van der Waals surface area contributed by atoms with Gasteiger partial charge in [-0.2, -0.15) is 0 Å². The maximum Gasteiger partial charge on any atom is 0.249 e. The fraction of sp³-hybridized carbons (Fsp3) is 0.917. The first-order valence-corrected chi connectivity index (χ1v) is 8.41. The lowest BCUT2D eigenvalue weighted by atomic mass is 10.2. The number of rotatable bonds is 5. The predicted molar refractivity (Wildman–Crippen MR) is 68.9 cm³/mol. The average molecular weight is 243 g/mol. The molecule has 1 N–H and O–H groups in total. The molecule has 0 aromatic rings. The molecule has 1 heterocycles. The van der Waals surface area contributed by atoms with E-state index in [4.69, 9.17) is 4.43 Å². The summed E-state index contributed by atoms with van der Waals surface area (Å²) in [4.78, 5) is 11.4. The molecule has 0 saturated carbocycles. The zero-order chi connectivity index (χ0) is 12.5. The summed E-state index contributed by atoms with van der Waals surface area (Å²) in [5, 5.41) is 2.76. The number of hydrogen-bond donors (Lipinski definition) is 1. The molecule has 0 radical (unpaired) electrons. The van der Waals surface area contributed by atoms with Crippen LogP contribution in [0.2, 0.25) is 16.6 Å². The second-order valence-electron chi connectivity index (χ2n) is 5.67. The van der Waals surface area contributed by atoms with Gasteiger partial charge in [0.25, 0.3) is 0 Å². The van der Waals surface area contributed by atoms with Crippen LogP contribution in [0, 0.1) is 0 Å². The van der Waals surface area contributed by atoms with Gasteiger partial charge in [-0.3, -0.25) is 4.79 Å². The Kier molecular flexibility index (Phi) is 4.18. The van der Waals surface area contributed by atoms with Gasteiger partial charge < -0.3 is 9.74 Å². The topological polar surface area (TPSA) is 38.3 Å². The van der Waals surface area contributed by atoms with Crippen molar-refractivity contribution in [1.82, 2.24) is 5.32 Å². The van der Waals surface area contributed by atoms with E-state index < -0.39 is 8.32 Å². The average Bonchev–Trinajstić information content (AvgIpc) is 2.14. The molecule has 1 unspecified atom stereocenters. The molecule has 1 rings (SSSR count). The fourth-order valence-corrected chi connectivity index (χ4v) is 8.52. The second-order valence-corrected chi connectivity index (χ2v) is 11.1. The Hall–Kier alpha value is -0.353. The summed E-state index contributed by atoms with van der Waals surface area (Å²) in [6.45, 7) is 14.1. The lowest BCUT2D eigenvalue weighted by Gasteiger charge is -2.46. The van der Waals surface area contributed by atoms with Gasteiger partial charge in [0.15, 0.2) is 0 Å². The zero-order valence-corrected chi connectivity index (χ0v) is 12.3. The third-order valence-corrected chi connectivity index (χ3v) is 9.91. The minimum atomic E-state index is -1.86. The van der Waals surface area contributed by atoms with E-state index in [1.54, 1.807) is 0 Å². The summed E-state index contributed by atoms with van der Waals surface area (Å²) in [7, 11) is -1.86. The zero-order valence-electron chi connectivity index (χ0n) is 11.3. The quantitative estimate of drug-likeness (QED) is 0.595. The van der Waals surface area contributed by atoms with Crippen LogP contribution in [0.5, 0.6) is 0 Å². The van der Waals surface area contributed by atoms with Crippen molar-refractivity contribution in [3.63, 3.8) is 0 Å². The van der Waals surface area contributed by atoms with Gasteiger partial charge in [0.05, 0.1) is 6.54 Å². The van der Waals surface area contributed by atoms with Gasteiger partial charge in [-0.05, 0) is 16.6 Å². The number of nitrogens with one attached hydrogen (secondary N) is 1. The summed E-state index contributed by atoms with van der Waals surface area (Å²) >= 11 is 0. The Balaban J connectivity index is 2.88. The summed E-state index contributed by atoms with van der Waals surface area (Å²) < 4.78 is 6.30. The number of amides is 1. The molecule has 0 aliphatic carbocycles. The third kappa shape index (κ3) is 2.18. The van der Waals surface area contributed by atoms with Crippen LogP contribution in [0.15, 0.2) is 0 Å². The van der Waals surface area contributed by atoms with Crippen LogP contribution in [0.4, 0.5) is 0 Å². The van der Waals surface area contributed by atoms with Crippen LogP contribution in [0.3, 0.4) is 0 Å². The Labute approximate surface area is 100 Å². The van der Waals surface area contributed by atoms with E-state index in [0.717, 1.165) is 0 Å². The molecule has 0 aromatic carbocycles. The van der Waals surface area contributed by atoms with Gasteiger partial charge in [0.2, 0.25) is 14.2 Å². The van der Waals surface area contributed by atoms with Gasteiger partial charge in [-0.25, -0.2) is 0 Å². The maximum absolute atomic E-state index is 11.4. The summed E-state index contributed by atoms with van der Waals surface area (Å²) in [5.74, 6) is 0.0684. The van der Waals surface area contributed by atoms with Gasteiger partial charge in [-0.1, -0.05) is 41.5 Å². The van der Waals surface area contributed by atoms with Crippen LogP contribution in [0.25, 0.3) is 0 Å². The van der Waals surface area contributed by atoms with E-state index in [2.05, 4.69) is 46.9 Å². The van der Waals surface area contributed by atoms with Gasteiger partial charge in [0, 0.05) is 0 Å². The number of carbonyl (C=O) groups is 1. The highest BCUT2D eigenvalue weighted by Gasteiger charge is 2.49. The molecule has 4 heteroatoms.